The van der Waals surface area contributed by atoms with E-state index in [-0.39, 0.29) is 22.6 Å². The lowest BCUT2D eigenvalue weighted by atomic mass is 10.1. The van der Waals surface area contributed by atoms with Crippen LogP contribution in [0, 0.1) is 0 Å². The van der Waals surface area contributed by atoms with E-state index in [9.17, 15) is 22.8 Å². The van der Waals surface area contributed by atoms with Crippen molar-refractivity contribution in [2.45, 2.75) is 37.3 Å². The zero-order valence-corrected chi connectivity index (χ0v) is 19.1. The van der Waals surface area contributed by atoms with Gasteiger partial charge >= 0.3 is 11.9 Å². The molecule has 0 saturated carbocycles. The average molecular weight is 463 g/mol. The lowest BCUT2D eigenvalue weighted by molar-refractivity contribution is -0.156. The monoisotopic (exact) mass is 462 g/mol. The first kappa shape index (κ1) is 25.0. The molecule has 0 radical (unpaired) electrons. The molecule has 2 aromatic carbocycles. The molecule has 0 aromatic heterocycles. The highest BCUT2D eigenvalue weighted by Gasteiger charge is 2.30. The maximum atomic E-state index is 12.7. The fourth-order valence-electron chi connectivity index (χ4n) is 2.57. The van der Waals surface area contributed by atoms with Gasteiger partial charge in [-0.1, -0.05) is 18.2 Å². The molecule has 32 heavy (non-hydrogen) atoms. The molecule has 9 nitrogen and oxygen atoms in total. The molecular formula is C22H26N2O7S. The quantitative estimate of drug-likeness (QED) is 0.574. The van der Waals surface area contributed by atoms with E-state index >= 15 is 0 Å². The molecule has 0 heterocycles. The van der Waals surface area contributed by atoms with Gasteiger partial charge < -0.3 is 14.8 Å². The van der Waals surface area contributed by atoms with E-state index in [0.29, 0.717) is 0 Å². The minimum absolute atomic E-state index is 0.0294. The number of amides is 1. The zero-order chi connectivity index (χ0) is 23.9. The van der Waals surface area contributed by atoms with Crippen LogP contribution in [0.5, 0.6) is 0 Å². The van der Waals surface area contributed by atoms with E-state index in [4.69, 9.17) is 4.74 Å². The standard InChI is InChI=1S/C22H26N2O7S/c1-22(2,3)31-21(27)18(24-32(28,29)17-8-6-5-7-9-17)14-23-19(25)15-10-12-16(13-11-15)20(26)30-4/h5-13,18,24H,14H2,1-4H3,(H,23,25)/t18-/m0/s1. The third-order valence-electron chi connectivity index (χ3n) is 4.08. The molecule has 2 rings (SSSR count). The summed E-state index contributed by atoms with van der Waals surface area (Å²) in [7, 11) is -2.80. The van der Waals surface area contributed by atoms with Crippen molar-refractivity contribution in [2.24, 2.45) is 0 Å². The largest absolute Gasteiger partial charge is 0.465 e. The number of methoxy groups -OCH3 is 1. The highest BCUT2D eigenvalue weighted by molar-refractivity contribution is 7.89. The Bertz CT molecular complexity index is 1060. The fraction of sp³-hybridized carbons (Fsp3) is 0.318. The summed E-state index contributed by atoms with van der Waals surface area (Å²) in [5, 5.41) is 2.52. The number of esters is 2. The molecule has 1 atom stereocenters. The lowest BCUT2D eigenvalue weighted by Gasteiger charge is -2.24. The van der Waals surface area contributed by atoms with Gasteiger partial charge in [0.25, 0.3) is 5.91 Å². The van der Waals surface area contributed by atoms with E-state index < -0.39 is 39.5 Å². The number of ether oxygens (including phenoxy) is 2. The van der Waals surface area contributed by atoms with Crippen LogP contribution in [0.2, 0.25) is 0 Å². The minimum atomic E-state index is -4.04. The van der Waals surface area contributed by atoms with Crippen molar-refractivity contribution in [1.82, 2.24) is 10.0 Å². The second-order valence-corrected chi connectivity index (χ2v) is 9.51. The van der Waals surface area contributed by atoms with Gasteiger partial charge in [0.15, 0.2) is 0 Å². The summed E-state index contributed by atoms with van der Waals surface area (Å²) in [5.41, 5.74) is -0.376. The first-order valence-electron chi connectivity index (χ1n) is 9.70. The van der Waals surface area contributed by atoms with Crippen molar-refractivity contribution in [2.75, 3.05) is 13.7 Å². The summed E-state index contributed by atoms with van der Waals surface area (Å²) in [5.74, 6) is -1.94. The summed E-state index contributed by atoms with van der Waals surface area (Å²) >= 11 is 0. The molecule has 10 heteroatoms. The Hall–Kier alpha value is -3.24. The van der Waals surface area contributed by atoms with Crippen LogP contribution in [0.25, 0.3) is 0 Å². The van der Waals surface area contributed by atoms with Crippen molar-refractivity contribution in [3.05, 3.63) is 65.7 Å². The third kappa shape index (κ3) is 7.17. The Labute approximate surface area is 187 Å². The third-order valence-corrected chi connectivity index (χ3v) is 5.56. The minimum Gasteiger partial charge on any atom is -0.465 e. The molecule has 1 amide bonds. The van der Waals surface area contributed by atoms with Crippen molar-refractivity contribution in [3.63, 3.8) is 0 Å². The maximum absolute atomic E-state index is 12.7. The summed E-state index contributed by atoms with van der Waals surface area (Å²) in [6.45, 7) is 4.60. The van der Waals surface area contributed by atoms with Crippen molar-refractivity contribution >= 4 is 27.9 Å². The van der Waals surface area contributed by atoms with E-state index in [1.54, 1.807) is 39.0 Å². The smallest absolute Gasteiger partial charge is 0.337 e. The Morgan fingerprint density at radius 3 is 2.03 bits per heavy atom. The normalized spacial score (nSPS) is 12.5. The van der Waals surface area contributed by atoms with Gasteiger partial charge in [-0.15, -0.1) is 0 Å². The predicted octanol–water partition coefficient (Wildman–Crippen LogP) is 1.89. The van der Waals surface area contributed by atoms with E-state index in [2.05, 4.69) is 14.8 Å². The average Bonchev–Trinajstić information content (AvgIpc) is 2.75. The van der Waals surface area contributed by atoms with Crippen LogP contribution in [-0.4, -0.2) is 51.6 Å². The first-order valence-corrected chi connectivity index (χ1v) is 11.2. The lowest BCUT2D eigenvalue weighted by Crippen LogP contribution is -2.50. The fourth-order valence-corrected chi connectivity index (χ4v) is 3.78. The number of rotatable bonds is 8. The number of benzene rings is 2. The molecule has 0 unspecified atom stereocenters. The van der Waals surface area contributed by atoms with Crippen LogP contribution in [0.3, 0.4) is 0 Å². The van der Waals surface area contributed by atoms with Crippen molar-refractivity contribution < 1.29 is 32.3 Å². The van der Waals surface area contributed by atoms with Crippen LogP contribution in [-0.2, 0) is 24.3 Å². The van der Waals surface area contributed by atoms with Gasteiger partial charge in [0.1, 0.15) is 11.6 Å². The van der Waals surface area contributed by atoms with Crippen LogP contribution in [0.15, 0.2) is 59.5 Å². The molecule has 2 aromatic rings. The second-order valence-electron chi connectivity index (χ2n) is 7.80. The number of hydrogen-bond acceptors (Lipinski definition) is 7. The SMILES string of the molecule is COC(=O)c1ccc(C(=O)NC[C@H](NS(=O)(=O)c2ccccc2)C(=O)OC(C)(C)C)cc1. The van der Waals surface area contributed by atoms with Crippen molar-refractivity contribution in [1.29, 1.82) is 0 Å². The number of nitrogens with one attached hydrogen (secondary N) is 2. The number of hydrogen-bond donors (Lipinski definition) is 2. The predicted molar refractivity (Wildman–Crippen MR) is 117 cm³/mol. The zero-order valence-electron chi connectivity index (χ0n) is 18.2. The number of carbonyl (C=O) groups excluding carboxylic acids is 3. The van der Waals surface area contributed by atoms with Crippen LogP contribution in [0.4, 0.5) is 0 Å². The van der Waals surface area contributed by atoms with Gasteiger partial charge in [0.05, 0.1) is 17.6 Å². The highest BCUT2D eigenvalue weighted by atomic mass is 32.2. The number of carbonyl (C=O) groups is 3. The Balaban J connectivity index is 2.16. The molecule has 0 aliphatic carbocycles. The molecule has 0 aliphatic heterocycles. The van der Waals surface area contributed by atoms with Gasteiger partial charge in [-0.3, -0.25) is 9.59 Å². The Kier molecular flexibility index (Phi) is 8.12. The Morgan fingerprint density at radius 1 is 0.938 bits per heavy atom. The molecule has 0 saturated heterocycles. The summed E-state index contributed by atoms with van der Waals surface area (Å²) in [6.07, 6.45) is 0. The van der Waals surface area contributed by atoms with Gasteiger partial charge in [-0.25, -0.2) is 13.2 Å². The van der Waals surface area contributed by atoms with Crippen LogP contribution in [0.1, 0.15) is 41.5 Å². The summed E-state index contributed by atoms with van der Waals surface area (Å²) in [6, 6.07) is 11.8. The summed E-state index contributed by atoms with van der Waals surface area (Å²) in [4.78, 5) is 36.6. The molecule has 172 valence electrons. The van der Waals surface area contributed by atoms with E-state index in [1.807, 2.05) is 0 Å². The molecule has 0 aliphatic rings. The van der Waals surface area contributed by atoms with Crippen molar-refractivity contribution in [3.8, 4) is 0 Å². The first-order chi connectivity index (χ1) is 14.9. The second kappa shape index (κ2) is 10.4. The molecule has 0 spiro atoms. The van der Waals surface area contributed by atoms with E-state index in [1.165, 1.54) is 43.5 Å². The molecular weight excluding hydrogens is 436 g/mol. The topological polar surface area (TPSA) is 128 Å². The highest BCUT2D eigenvalue weighted by Crippen LogP contribution is 2.12. The summed E-state index contributed by atoms with van der Waals surface area (Å²) < 4.78 is 37.6. The molecule has 0 fully saturated rings. The molecule has 2 N–H and O–H groups in total. The van der Waals surface area contributed by atoms with Gasteiger partial charge in [0.2, 0.25) is 10.0 Å². The maximum Gasteiger partial charge on any atom is 0.337 e. The molecule has 0 bridgehead atoms. The van der Waals surface area contributed by atoms with Gasteiger partial charge in [-0.2, -0.15) is 4.72 Å². The van der Waals surface area contributed by atoms with Crippen LogP contribution < -0.4 is 10.0 Å². The van der Waals surface area contributed by atoms with E-state index in [0.717, 1.165) is 0 Å². The van der Waals surface area contributed by atoms with Gasteiger partial charge in [0, 0.05) is 12.1 Å². The number of sulfonamides is 1. The van der Waals surface area contributed by atoms with Gasteiger partial charge in [-0.05, 0) is 57.2 Å². The van der Waals surface area contributed by atoms with Crippen LogP contribution >= 0.6 is 0 Å². The Morgan fingerprint density at radius 2 is 1.50 bits per heavy atom.